The number of aromatic amines is 1. The van der Waals surface area contributed by atoms with Gasteiger partial charge in [-0.3, -0.25) is 4.79 Å². The number of aliphatic hydroxyl groups is 2. The van der Waals surface area contributed by atoms with E-state index in [-0.39, 0.29) is 6.54 Å². The Balaban J connectivity index is 1.60. The second-order valence-corrected chi connectivity index (χ2v) is 8.78. The molecule has 0 radical (unpaired) electrons. The number of nitrogens with one attached hydrogen (secondary N) is 3. The van der Waals surface area contributed by atoms with Crippen LogP contribution in [0.4, 0.5) is 10.6 Å². The van der Waals surface area contributed by atoms with Crippen molar-refractivity contribution in [1.29, 1.82) is 0 Å². The largest absolute Gasteiger partial charge is 0.444 e. The van der Waals surface area contributed by atoms with Crippen LogP contribution >= 0.6 is 0 Å². The van der Waals surface area contributed by atoms with Crippen molar-refractivity contribution in [3.63, 3.8) is 0 Å². The number of amides is 2. The summed E-state index contributed by atoms with van der Waals surface area (Å²) in [6.45, 7) is 6.56. The van der Waals surface area contributed by atoms with Gasteiger partial charge >= 0.3 is 6.09 Å². The minimum atomic E-state index is -1.36. The number of carbonyl (C=O) groups is 2. The minimum absolute atomic E-state index is 0.283. The summed E-state index contributed by atoms with van der Waals surface area (Å²) in [5.74, 6) is -0.0949. The minimum Gasteiger partial charge on any atom is -0.444 e. The zero-order valence-electron chi connectivity index (χ0n) is 18.7. The average Bonchev–Trinajstić information content (AvgIpc) is 3.17. The maximum Gasteiger partial charge on any atom is 0.410 e. The molecule has 2 amide bonds. The predicted molar refractivity (Wildman–Crippen MR) is 115 cm³/mol. The van der Waals surface area contributed by atoms with E-state index in [0.717, 1.165) is 4.90 Å². The van der Waals surface area contributed by atoms with Crippen molar-refractivity contribution in [2.75, 3.05) is 18.9 Å². The van der Waals surface area contributed by atoms with Crippen molar-refractivity contribution >= 4 is 28.9 Å². The van der Waals surface area contributed by atoms with Crippen LogP contribution in [0.3, 0.4) is 0 Å². The highest BCUT2D eigenvalue weighted by atomic mass is 16.6. The van der Waals surface area contributed by atoms with E-state index >= 15 is 0 Å². The Bertz CT molecular complexity index is 959. The molecule has 0 spiro atoms. The Morgan fingerprint density at radius 1 is 1.28 bits per heavy atom. The van der Waals surface area contributed by atoms with E-state index in [0.29, 0.717) is 16.9 Å². The average molecular weight is 450 g/mol. The molecule has 0 bridgehead atoms. The number of anilines is 1. The van der Waals surface area contributed by atoms with Gasteiger partial charge in [0.05, 0.1) is 17.5 Å². The third kappa shape index (κ3) is 5.44. The highest BCUT2D eigenvalue weighted by molar-refractivity contribution is 5.86. The summed E-state index contributed by atoms with van der Waals surface area (Å²) in [6.07, 6.45) is -1.87. The first-order valence-corrected chi connectivity index (χ1v) is 10.3. The molecule has 2 aromatic heterocycles. The Morgan fingerprint density at radius 2 is 2.00 bits per heavy atom. The normalized spacial score (nSPS) is 25.9. The van der Waals surface area contributed by atoms with Crippen LogP contribution in [0.1, 0.15) is 27.7 Å². The van der Waals surface area contributed by atoms with Gasteiger partial charge in [-0.25, -0.2) is 14.8 Å². The molecule has 176 valence electrons. The molecular formula is C20H30N6O6. The lowest BCUT2D eigenvalue weighted by Crippen LogP contribution is -2.64. The van der Waals surface area contributed by atoms with E-state index in [1.54, 1.807) is 40.0 Å². The molecule has 32 heavy (non-hydrogen) atoms. The molecule has 1 fully saturated rings. The Morgan fingerprint density at radius 3 is 2.69 bits per heavy atom. The summed E-state index contributed by atoms with van der Waals surface area (Å²) >= 11 is 0. The van der Waals surface area contributed by atoms with Gasteiger partial charge in [0.2, 0.25) is 5.91 Å². The number of aromatic nitrogens is 3. The quantitative estimate of drug-likeness (QED) is 0.428. The summed E-state index contributed by atoms with van der Waals surface area (Å²) in [4.78, 5) is 36.8. The molecule has 2 aromatic rings. The molecule has 12 nitrogen and oxygen atoms in total. The van der Waals surface area contributed by atoms with E-state index in [9.17, 15) is 19.8 Å². The Hall–Kier alpha value is -2.96. The molecule has 0 aliphatic carbocycles. The number of likely N-dealkylation sites (N-methyl/N-ethyl adjacent to an activating group) is 1. The highest BCUT2D eigenvalue weighted by Crippen LogP contribution is 2.25. The fourth-order valence-electron chi connectivity index (χ4n) is 3.36. The molecular weight excluding hydrogens is 420 g/mol. The second-order valence-electron chi connectivity index (χ2n) is 8.78. The number of aliphatic hydroxyl groups excluding tert-OH is 2. The van der Waals surface area contributed by atoms with Gasteiger partial charge < -0.3 is 40.2 Å². The number of rotatable bonds is 5. The van der Waals surface area contributed by atoms with E-state index in [1.807, 2.05) is 0 Å². The van der Waals surface area contributed by atoms with E-state index in [2.05, 4.69) is 25.6 Å². The first kappa shape index (κ1) is 23.7. The maximum atomic E-state index is 12.4. The van der Waals surface area contributed by atoms with Crippen LogP contribution in [0, 0.1) is 0 Å². The summed E-state index contributed by atoms with van der Waals surface area (Å²) in [5.41, 5.74) is -0.0773. The van der Waals surface area contributed by atoms with Crippen LogP contribution in [-0.2, 0) is 14.3 Å². The Kier molecular flexibility index (Phi) is 6.86. The molecule has 1 saturated heterocycles. The zero-order chi connectivity index (χ0) is 23.6. The smallest absolute Gasteiger partial charge is 0.410 e. The molecule has 0 unspecified atom stereocenters. The van der Waals surface area contributed by atoms with Crippen molar-refractivity contribution in [1.82, 2.24) is 25.2 Å². The van der Waals surface area contributed by atoms with Crippen molar-refractivity contribution in [3.05, 3.63) is 18.6 Å². The van der Waals surface area contributed by atoms with Crippen molar-refractivity contribution < 1.29 is 29.3 Å². The van der Waals surface area contributed by atoms with Gasteiger partial charge in [0.1, 0.15) is 42.1 Å². The second kappa shape index (κ2) is 9.27. The molecule has 5 N–H and O–H groups in total. The molecule has 1 aliphatic rings. The van der Waals surface area contributed by atoms with Gasteiger partial charge in [0.15, 0.2) is 6.23 Å². The zero-order valence-corrected chi connectivity index (χ0v) is 18.7. The third-order valence-electron chi connectivity index (χ3n) is 4.94. The lowest BCUT2D eigenvalue weighted by atomic mass is 9.96. The number of hydrogen-bond donors (Lipinski definition) is 5. The summed E-state index contributed by atoms with van der Waals surface area (Å²) in [6, 6.07) is 0.886. The highest BCUT2D eigenvalue weighted by Gasteiger charge is 2.43. The number of carbonyl (C=O) groups excluding carboxylic acids is 2. The molecule has 0 aromatic carbocycles. The topological polar surface area (TPSA) is 162 Å². The van der Waals surface area contributed by atoms with E-state index < -0.39 is 48.2 Å². The van der Waals surface area contributed by atoms with Crippen LogP contribution in [0.25, 0.3) is 11.0 Å². The van der Waals surface area contributed by atoms with Crippen molar-refractivity contribution in [2.45, 2.75) is 63.9 Å². The van der Waals surface area contributed by atoms with Gasteiger partial charge in [-0.15, -0.1) is 0 Å². The summed E-state index contributed by atoms with van der Waals surface area (Å²) in [7, 11) is 1.43. The van der Waals surface area contributed by atoms with Gasteiger partial charge in [-0.2, -0.15) is 0 Å². The van der Waals surface area contributed by atoms with E-state index in [1.165, 1.54) is 13.4 Å². The van der Waals surface area contributed by atoms with Crippen molar-refractivity contribution in [2.24, 2.45) is 0 Å². The SMILES string of the molecule is C[C@@H]1O[C@H](Nc2ncnc3[nH]ccc23)[C@H](O)[C@H](O)[C@H]1NC(=O)CN(C)C(=O)OC(C)(C)C. The first-order chi connectivity index (χ1) is 15.0. The fourth-order valence-corrected chi connectivity index (χ4v) is 3.36. The number of ether oxygens (including phenoxy) is 2. The number of H-pyrrole nitrogens is 1. The lowest BCUT2D eigenvalue weighted by Gasteiger charge is -2.42. The summed E-state index contributed by atoms with van der Waals surface area (Å²) in [5, 5.41) is 27.5. The van der Waals surface area contributed by atoms with Gasteiger partial charge in [0, 0.05) is 13.2 Å². The predicted octanol–water partition coefficient (Wildman–Crippen LogP) is 0.188. The van der Waals surface area contributed by atoms with Crippen LogP contribution in [0.5, 0.6) is 0 Å². The lowest BCUT2D eigenvalue weighted by molar-refractivity contribution is -0.172. The number of nitrogens with zero attached hydrogens (tertiary/aromatic N) is 3. The molecule has 0 saturated carbocycles. The fraction of sp³-hybridized carbons (Fsp3) is 0.600. The van der Waals surface area contributed by atoms with Crippen LogP contribution in [0.15, 0.2) is 18.6 Å². The molecule has 12 heteroatoms. The standard InChI is InChI=1S/C20H30N6O6/c1-10-13(24-12(27)8-26(5)19(30)32-20(2,3)4)14(28)15(29)18(31-10)25-17-11-6-7-21-16(11)22-9-23-17/h6-7,9-10,13-15,18,28-29H,8H2,1-5H3,(H,24,27)(H2,21,22,23,25)/t10-,13-,14+,15+,18-/m0/s1. The first-order valence-electron chi connectivity index (χ1n) is 10.3. The van der Waals surface area contributed by atoms with Gasteiger partial charge in [0.25, 0.3) is 0 Å². The van der Waals surface area contributed by atoms with E-state index in [4.69, 9.17) is 9.47 Å². The number of fused-ring (bicyclic) bond motifs is 1. The number of hydrogen-bond acceptors (Lipinski definition) is 9. The summed E-state index contributed by atoms with van der Waals surface area (Å²) < 4.78 is 11.0. The monoisotopic (exact) mass is 450 g/mol. The van der Waals surface area contributed by atoms with Gasteiger partial charge in [-0.1, -0.05) is 0 Å². The van der Waals surface area contributed by atoms with Crippen LogP contribution < -0.4 is 10.6 Å². The molecule has 3 rings (SSSR count). The van der Waals surface area contributed by atoms with Crippen LogP contribution in [-0.4, -0.2) is 91.8 Å². The molecule has 1 aliphatic heterocycles. The van der Waals surface area contributed by atoms with Gasteiger partial charge in [-0.05, 0) is 33.8 Å². The maximum absolute atomic E-state index is 12.4. The third-order valence-corrected chi connectivity index (χ3v) is 4.94. The Labute approximate surface area is 185 Å². The van der Waals surface area contributed by atoms with Crippen molar-refractivity contribution in [3.8, 4) is 0 Å². The molecule has 3 heterocycles. The molecule has 5 atom stereocenters. The van der Waals surface area contributed by atoms with Crippen LogP contribution in [0.2, 0.25) is 0 Å².